The Morgan fingerprint density at radius 2 is 1.92 bits per heavy atom. The number of rotatable bonds is 4. The number of allylic oxidation sites excluding steroid dienone is 1. The second kappa shape index (κ2) is 8.80. The first kappa shape index (κ1) is 26.2. The molecule has 0 spiro atoms. The lowest BCUT2D eigenvalue weighted by Gasteiger charge is -2.63. The fraction of sp³-hybridized carbons (Fsp3) is 0.690. The van der Waals surface area contributed by atoms with Gasteiger partial charge in [-0.3, -0.25) is 14.4 Å². The molecular weight excluding hydrogens is 476 g/mol. The van der Waals surface area contributed by atoms with Gasteiger partial charge in [-0.05, 0) is 37.2 Å². The third-order valence-corrected chi connectivity index (χ3v) is 10.2. The summed E-state index contributed by atoms with van der Waals surface area (Å²) >= 11 is 0. The van der Waals surface area contributed by atoms with E-state index < -0.39 is 35.1 Å². The minimum absolute atomic E-state index is 0.0592. The van der Waals surface area contributed by atoms with Crippen LogP contribution in [0, 0.1) is 34.0 Å². The maximum absolute atomic E-state index is 14.2. The number of ether oxygens (including phenoxy) is 3. The Hall–Kier alpha value is -2.45. The summed E-state index contributed by atoms with van der Waals surface area (Å²) in [4.78, 5) is 39.1. The Kier molecular flexibility index (Phi) is 6.23. The van der Waals surface area contributed by atoms with Crippen molar-refractivity contribution in [2.45, 2.75) is 85.2 Å². The fourth-order valence-corrected chi connectivity index (χ4v) is 8.52. The lowest BCUT2D eigenvalue weighted by Crippen LogP contribution is -2.66. The minimum atomic E-state index is -0.980. The molecule has 0 radical (unpaired) electrons. The van der Waals surface area contributed by atoms with Crippen molar-refractivity contribution in [1.82, 2.24) is 0 Å². The van der Waals surface area contributed by atoms with Gasteiger partial charge < -0.3 is 23.7 Å². The lowest BCUT2D eigenvalue weighted by atomic mass is 9.40. The van der Waals surface area contributed by atoms with Crippen molar-refractivity contribution in [3.05, 3.63) is 35.3 Å². The van der Waals surface area contributed by atoms with Crippen molar-refractivity contribution in [3.63, 3.8) is 0 Å². The highest BCUT2D eigenvalue weighted by molar-refractivity contribution is 5.92. The largest absolute Gasteiger partial charge is 0.472 e. The smallest absolute Gasteiger partial charge is 0.305 e. The number of esters is 2. The summed E-state index contributed by atoms with van der Waals surface area (Å²) < 4.78 is 22.4. The molecule has 8 heteroatoms. The summed E-state index contributed by atoms with van der Waals surface area (Å²) in [5.74, 6) is -1.76. The lowest BCUT2D eigenvalue weighted by molar-refractivity contribution is -0.205. The zero-order valence-electron chi connectivity index (χ0n) is 22.5. The predicted octanol–water partition coefficient (Wildman–Crippen LogP) is 4.52. The molecule has 1 saturated heterocycles. The molecule has 1 aliphatic heterocycles. The number of hydrogen-bond donors (Lipinski definition) is 1. The molecule has 37 heavy (non-hydrogen) atoms. The van der Waals surface area contributed by atoms with Gasteiger partial charge in [-0.2, -0.15) is 0 Å². The first-order valence-corrected chi connectivity index (χ1v) is 13.2. The van der Waals surface area contributed by atoms with E-state index in [-0.39, 0.29) is 41.5 Å². The summed E-state index contributed by atoms with van der Waals surface area (Å²) in [6.45, 7) is 9.54. The molecule has 8 atom stereocenters. The standard InChI is InChI=1S/C29H38O8/c1-15(30)36-26-18-11-17-19(29(5,24(18)33)21(27(26,2)3)13-22(31)34-6)7-9-28(4)20(17)12-23(32)37-25(28)16-8-10-35-14-16/h8,10,14,18-19,21,23,25-26,32H,7,9,11-13H2,1-6H3/t18-,19+,21+,23-,25+,26-,28-,29-/m1/s1. The van der Waals surface area contributed by atoms with Crippen molar-refractivity contribution >= 4 is 17.7 Å². The average Bonchev–Trinajstić information content (AvgIpc) is 3.36. The Balaban J connectivity index is 1.68. The average molecular weight is 515 g/mol. The second-order valence-corrected chi connectivity index (χ2v) is 12.4. The van der Waals surface area contributed by atoms with Crippen LogP contribution in [0.5, 0.6) is 0 Å². The number of furan rings is 1. The number of carbonyl (C=O) groups is 3. The van der Waals surface area contributed by atoms with Crippen LogP contribution in [0.2, 0.25) is 0 Å². The number of aliphatic hydroxyl groups is 1. The van der Waals surface area contributed by atoms with Crippen LogP contribution < -0.4 is 0 Å². The first-order chi connectivity index (χ1) is 17.4. The summed E-state index contributed by atoms with van der Waals surface area (Å²) in [7, 11) is 1.36. The number of Topliss-reactive ketones (excluding diaryl/α,β-unsaturated/α-hetero) is 1. The summed E-state index contributed by atoms with van der Waals surface area (Å²) in [5.41, 5.74) is 1.30. The van der Waals surface area contributed by atoms with Crippen LogP contribution in [0.1, 0.15) is 78.4 Å². The van der Waals surface area contributed by atoms with Gasteiger partial charge in [0.25, 0.3) is 0 Å². The monoisotopic (exact) mass is 514 g/mol. The van der Waals surface area contributed by atoms with Crippen molar-refractivity contribution < 1.29 is 38.1 Å². The van der Waals surface area contributed by atoms with Gasteiger partial charge in [0.2, 0.25) is 0 Å². The number of fused-ring (bicyclic) bond motifs is 5. The molecule has 0 unspecified atom stereocenters. The van der Waals surface area contributed by atoms with Crippen molar-refractivity contribution in [3.8, 4) is 0 Å². The normalized spacial score (nSPS) is 40.5. The molecule has 0 amide bonds. The van der Waals surface area contributed by atoms with Gasteiger partial charge in [0.15, 0.2) is 6.29 Å². The van der Waals surface area contributed by atoms with E-state index in [0.29, 0.717) is 12.8 Å². The van der Waals surface area contributed by atoms with Crippen molar-refractivity contribution in [1.29, 1.82) is 0 Å². The van der Waals surface area contributed by atoms with E-state index in [1.165, 1.54) is 14.0 Å². The molecular formula is C29H38O8. The molecule has 2 bridgehead atoms. The van der Waals surface area contributed by atoms with Gasteiger partial charge in [-0.15, -0.1) is 0 Å². The highest BCUT2D eigenvalue weighted by Crippen LogP contribution is 2.68. The minimum Gasteiger partial charge on any atom is -0.472 e. The topological polar surface area (TPSA) is 112 Å². The molecule has 3 aliphatic carbocycles. The maximum atomic E-state index is 14.2. The Morgan fingerprint density at radius 1 is 1.19 bits per heavy atom. The van der Waals surface area contributed by atoms with Crippen LogP contribution in [0.3, 0.4) is 0 Å². The van der Waals surface area contributed by atoms with E-state index >= 15 is 0 Å². The highest BCUT2D eigenvalue weighted by atomic mass is 16.6. The first-order valence-electron chi connectivity index (χ1n) is 13.2. The van der Waals surface area contributed by atoms with Gasteiger partial charge in [0.05, 0.1) is 31.7 Å². The number of carbonyl (C=O) groups excluding carboxylic acids is 3. The molecule has 3 fully saturated rings. The van der Waals surface area contributed by atoms with Crippen LogP contribution in [0.15, 0.2) is 34.2 Å². The number of methoxy groups -OCH3 is 1. The third-order valence-electron chi connectivity index (χ3n) is 10.2. The fourth-order valence-electron chi connectivity index (χ4n) is 8.52. The Labute approximate surface area is 217 Å². The zero-order chi connectivity index (χ0) is 26.9. The van der Waals surface area contributed by atoms with E-state index in [1.54, 1.807) is 12.5 Å². The van der Waals surface area contributed by atoms with E-state index in [0.717, 1.165) is 29.6 Å². The maximum Gasteiger partial charge on any atom is 0.305 e. The molecule has 2 heterocycles. The van der Waals surface area contributed by atoms with Gasteiger partial charge >= 0.3 is 11.9 Å². The van der Waals surface area contributed by atoms with Gasteiger partial charge in [-0.1, -0.05) is 38.8 Å². The Morgan fingerprint density at radius 3 is 2.54 bits per heavy atom. The second-order valence-electron chi connectivity index (χ2n) is 12.4. The molecule has 8 nitrogen and oxygen atoms in total. The number of ketones is 1. The number of aliphatic hydroxyl groups excluding tert-OH is 1. The third kappa shape index (κ3) is 3.74. The molecule has 1 aromatic rings. The molecule has 4 aliphatic rings. The molecule has 5 rings (SSSR count). The van der Waals surface area contributed by atoms with E-state index in [4.69, 9.17) is 18.6 Å². The van der Waals surface area contributed by atoms with E-state index in [2.05, 4.69) is 6.92 Å². The molecule has 1 aromatic heterocycles. The Bertz CT molecular complexity index is 1130. The van der Waals surface area contributed by atoms with Crippen LogP contribution in [-0.4, -0.2) is 42.3 Å². The quantitative estimate of drug-likeness (QED) is 0.461. The molecule has 2 saturated carbocycles. The summed E-state index contributed by atoms with van der Waals surface area (Å²) in [6, 6.07) is 1.87. The van der Waals surface area contributed by atoms with Crippen LogP contribution in [-0.2, 0) is 28.6 Å². The zero-order valence-corrected chi connectivity index (χ0v) is 22.5. The molecule has 1 N–H and O–H groups in total. The van der Waals surface area contributed by atoms with Gasteiger partial charge in [-0.25, -0.2) is 0 Å². The van der Waals surface area contributed by atoms with E-state index in [9.17, 15) is 19.5 Å². The summed E-state index contributed by atoms with van der Waals surface area (Å²) in [6.07, 6.45) is 3.66. The number of hydrogen-bond acceptors (Lipinski definition) is 8. The molecule has 202 valence electrons. The predicted molar refractivity (Wildman–Crippen MR) is 132 cm³/mol. The van der Waals surface area contributed by atoms with Crippen molar-refractivity contribution in [2.75, 3.05) is 7.11 Å². The van der Waals surface area contributed by atoms with Crippen LogP contribution in [0.4, 0.5) is 0 Å². The highest BCUT2D eigenvalue weighted by Gasteiger charge is 2.68. The van der Waals surface area contributed by atoms with Crippen LogP contribution >= 0.6 is 0 Å². The van der Waals surface area contributed by atoms with Crippen LogP contribution in [0.25, 0.3) is 0 Å². The van der Waals surface area contributed by atoms with Gasteiger partial charge in [0, 0.05) is 41.6 Å². The summed E-state index contributed by atoms with van der Waals surface area (Å²) in [5, 5.41) is 10.8. The van der Waals surface area contributed by atoms with Gasteiger partial charge in [0.1, 0.15) is 11.9 Å². The van der Waals surface area contributed by atoms with Crippen molar-refractivity contribution in [2.24, 2.45) is 34.0 Å². The SMILES string of the molecule is COC(=O)C[C@H]1C(C)(C)[C@H](OC(C)=O)[C@@H]2CC3=C4C[C@H](O)O[C@@H](c5ccoc5)[C@]4(C)CC[C@@H]3[C@@]1(C)C2=O. The molecule has 0 aromatic carbocycles. The van der Waals surface area contributed by atoms with E-state index in [1.807, 2.05) is 26.8 Å².